The van der Waals surface area contributed by atoms with Gasteiger partial charge in [-0.3, -0.25) is 5.10 Å². The number of benzene rings is 1. The highest BCUT2D eigenvalue weighted by atomic mass is 19.2. The minimum Gasteiger partial charge on any atom is -0.392 e. The molecule has 0 saturated carbocycles. The first-order valence-corrected chi connectivity index (χ1v) is 4.51. The number of nitrogen functional groups attached to an aromatic ring is 1. The molecular formula is C10H9F2N3O. The predicted octanol–water partition coefficient (Wildman–Crippen LogP) is 1.43. The van der Waals surface area contributed by atoms with Crippen molar-refractivity contribution in [1.82, 2.24) is 10.2 Å². The summed E-state index contributed by atoms with van der Waals surface area (Å²) < 4.78 is 26.0. The van der Waals surface area contributed by atoms with E-state index in [1.165, 1.54) is 6.20 Å². The Kier molecular flexibility index (Phi) is 2.57. The van der Waals surface area contributed by atoms with E-state index in [4.69, 9.17) is 10.8 Å². The maximum atomic E-state index is 13.1. The summed E-state index contributed by atoms with van der Waals surface area (Å²) in [5, 5.41) is 15.2. The van der Waals surface area contributed by atoms with E-state index in [0.717, 1.165) is 12.1 Å². The van der Waals surface area contributed by atoms with Gasteiger partial charge in [-0.2, -0.15) is 5.10 Å². The monoisotopic (exact) mass is 225 g/mol. The molecule has 0 radical (unpaired) electrons. The van der Waals surface area contributed by atoms with E-state index < -0.39 is 18.2 Å². The second-order valence-electron chi connectivity index (χ2n) is 3.28. The van der Waals surface area contributed by atoms with Gasteiger partial charge in [-0.25, -0.2) is 8.78 Å². The number of nitrogens with two attached hydrogens (primary N) is 1. The van der Waals surface area contributed by atoms with Crippen LogP contribution in [0.3, 0.4) is 0 Å². The zero-order valence-corrected chi connectivity index (χ0v) is 8.17. The number of hydrogen-bond acceptors (Lipinski definition) is 3. The van der Waals surface area contributed by atoms with Gasteiger partial charge in [0.15, 0.2) is 11.6 Å². The molecule has 0 saturated heterocycles. The van der Waals surface area contributed by atoms with Crippen LogP contribution in [0.15, 0.2) is 18.3 Å². The highest BCUT2D eigenvalue weighted by Crippen LogP contribution is 2.29. The fraction of sp³-hybridized carbons (Fsp3) is 0.100. The Morgan fingerprint density at radius 1 is 1.25 bits per heavy atom. The third-order valence-corrected chi connectivity index (χ3v) is 2.28. The Morgan fingerprint density at radius 3 is 2.50 bits per heavy atom. The van der Waals surface area contributed by atoms with Gasteiger partial charge in [-0.15, -0.1) is 0 Å². The average molecular weight is 225 g/mol. The number of aromatic nitrogens is 2. The molecule has 0 amide bonds. The first kappa shape index (κ1) is 10.6. The lowest BCUT2D eigenvalue weighted by atomic mass is 10.0. The largest absolute Gasteiger partial charge is 0.392 e. The summed E-state index contributed by atoms with van der Waals surface area (Å²) >= 11 is 0. The van der Waals surface area contributed by atoms with Crippen LogP contribution in [0.4, 0.5) is 14.6 Å². The maximum absolute atomic E-state index is 13.1. The van der Waals surface area contributed by atoms with Crippen molar-refractivity contribution in [1.29, 1.82) is 0 Å². The van der Waals surface area contributed by atoms with E-state index in [9.17, 15) is 8.78 Å². The number of halogens is 2. The van der Waals surface area contributed by atoms with Gasteiger partial charge >= 0.3 is 0 Å². The second-order valence-corrected chi connectivity index (χ2v) is 3.28. The summed E-state index contributed by atoms with van der Waals surface area (Å²) in [6.07, 6.45) is 1.39. The molecular weight excluding hydrogens is 216 g/mol. The summed E-state index contributed by atoms with van der Waals surface area (Å²) in [7, 11) is 0. The van der Waals surface area contributed by atoms with Crippen molar-refractivity contribution < 1.29 is 13.9 Å². The van der Waals surface area contributed by atoms with Crippen molar-refractivity contribution in [2.45, 2.75) is 6.61 Å². The van der Waals surface area contributed by atoms with Gasteiger partial charge in [0.1, 0.15) is 5.82 Å². The van der Waals surface area contributed by atoms with Crippen LogP contribution in [-0.4, -0.2) is 15.3 Å². The van der Waals surface area contributed by atoms with Crippen molar-refractivity contribution >= 4 is 5.82 Å². The molecule has 1 heterocycles. The Balaban J connectivity index is 2.64. The SMILES string of the molecule is Nc1[nH]ncc1-c1cc(F)c(F)cc1CO. The number of nitrogens with one attached hydrogen (secondary N) is 1. The van der Waals surface area contributed by atoms with Gasteiger partial charge in [0.2, 0.25) is 0 Å². The molecule has 4 nitrogen and oxygen atoms in total. The van der Waals surface area contributed by atoms with E-state index >= 15 is 0 Å². The summed E-state index contributed by atoms with van der Waals surface area (Å²) in [6.45, 7) is -0.406. The number of H-pyrrole nitrogens is 1. The van der Waals surface area contributed by atoms with Crippen LogP contribution in [0, 0.1) is 11.6 Å². The molecule has 84 valence electrons. The molecule has 6 heteroatoms. The fourth-order valence-electron chi connectivity index (χ4n) is 1.48. The molecule has 0 aliphatic carbocycles. The summed E-state index contributed by atoms with van der Waals surface area (Å²) in [4.78, 5) is 0. The molecule has 16 heavy (non-hydrogen) atoms. The van der Waals surface area contributed by atoms with Gasteiger partial charge in [0.25, 0.3) is 0 Å². The van der Waals surface area contributed by atoms with E-state index in [0.29, 0.717) is 11.1 Å². The number of aliphatic hydroxyl groups excluding tert-OH is 1. The highest BCUT2D eigenvalue weighted by Gasteiger charge is 2.13. The van der Waals surface area contributed by atoms with Crippen LogP contribution in [0.25, 0.3) is 11.1 Å². The minimum atomic E-state index is -1.00. The molecule has 0 bridgehead atoms. The van der Waals surface area contributed by atoms with Crippen LogP contribution in [0.5, 0.6) is 0 Å². The first-order valence-electron chi connectivity index (χ1n) is 4.51. The minimum absolute atomic E-state index is 0.237. The van der Waals surface area contributed by atoms with Gasteiger partial charge < -0.3 is 10.8 Å². The third kappa shape index (κ3) is 1.63. The fourth-order valence-corrected chi connectivity index (χ4v) is 1.48. The first-order chi connectivity index (χ1) is 7.63. The molecule has 1 aromatic heterocycles. The lowest BCUT2D eigenvalue weighted by molar-refractivity contribution is 0.281. The molecule has 0 aliphatic rings. The van der Waals surface area contributed by atoms with Gasteiger partial charge in [0, 0.05) is 5.56 Å². The number of rotatable bonds is 2. The molecule has 2 rings (SSSR count). The number of aromatic amines is 1. The second kappa shape index (κ2) is 3.90. The molecule has 2 aromatic rings. The lowest BCUT2D eigenvalue weighted by Gasteiger charge is -2.07. The van der Waals surface area contributed by atoms with Gasteiger partial charge in [-0.05, 0) is 23.3 Å². The smallest absolute Gasteiger partial charge is 0.159 e. The van der Waals surface area contributed by atoms with Crippen molar-refractivity contribution in [3.63, 3.8) is 0 Å². The summed E-state index contributed by atoms with van der Waals surface area (Å²) in [5.74, 6) is -1.76. The normalized spacial score (nSPS) is 10.7. The molecule has 0 spiro atoms. The molecule has 4 N–H and O–H groups in total. The quantitative estimate of drug-likeness (QED) is 0.723. The Bertz CT molecular complexity index is 525. The van der Waals surface area contributed by atoms with Gasteiger partial charge in [0.05, 0.1) is 12.8 Å². The van der Waals surface area contributed by atoms with Crippen LogP contribution in [0.1, 0.15) is 5.56 Å². The molecule has 0 atom stereocenters. The molecule has 0 fully saturated rings. The van der Waals surface area contributed by atoms with E-state index in [2.05, 4.69) is 10.2 Å². The lowest BCUT2D eigenvalue weighted by Crippen LogP contribution is -1.96. The summed E-state index contributed by atoms with van der Waals surface area (Å²) in [5.41, 5.74) is 6.58. The Labute approximate surface area is 89.7 Å². The number of nitrogens with zero attached hydrogens (tertiary/aromatic N) is 1. The van der Waals surface area contributed by atoms with Crippen molar-refractivity contribution in [3.05, 3.63) is 35.5 Å². The van der Waals surface area contributed by atoms with Crippen molar-refractivity contribution in [3.8, 4) is 11.1 Å². The van der Waals surface area contributed by atoms with Crippen molar-refractivity contribution in [2.24, 2.45) is 0 Å². The number of hydrogen-bond donors (Lipinski definition) is 3. The van der Waals surface area contributed by atoms with E-state index in [1.54, 1.807) is 0 Å². The van der Waals surface area contributed by atoms with Crippen LogP contribution in [0.2, 0.25) is 0 Å². The van der Waals surface area contributed by atoms with Crippen molar-refractivity contribution in [2.75, 3.05) is 5.73 Å². The number of anilines is 1. The Morgan fingerprint density at radius 2 is 1.94 bits per heavy atom. The standard InChI is InChI=1S/C10H9F2N3O/c11-8-1-5(4-16)6(2-9(8)12)7-3-14-15-10(7)13/h1-3,16H,4H2,(H3,13,14,15). The van der Waals surface area contributed by atoms with Gasteiger partial charge in [-0.1, -0.05) is 0 Å². The molecule has 0 aliphatic heterocycles. The average Bonchev–Trinajstić information content (AvgIpc) is 2.68. The summed E-state index contributed by atoms with van der Waals surface area (Å²) in [6, 6.07) is 1.93. The van der Waals surface area contributed by atoms with E-state index in [1.807, 2.05) is 0 Å². The Hall–Kier alpha value is -1.95. The highest BCUT2D eigenvalue weighted by molar-refractivity contribution is 5.75. The van der Waals surface area contributed by atoms with E-state index in [-0.39, 0.29) is 11.4 Å². The molecule has 1 aromatic carbocycles. The molecule has 0 unspecified atom stereocenters. The van der Waals surface area contributed by atoms with Crippen LogP contribution < -0.4 is 5.73 Å². The maximum Gasteiger partial charge on any atom is 0.159 e. The zero-order valence-electron chi connectivity index (χ0n) is 8.17. The van der Waals surface area contributed by atoms with Crippen LogP contribution >= 0.6 is 0 Å². The third-order valence-electron chi connectivity index (χ3n) is 2.28. The van der Waals surface area contributed by atoms with Crippen LogP contribution in [-0.2, 0) is 6.61 Å². The topological polar surface area (TPSA) is 74.9 Å². The predicted molar refractivity (Wildman–Crippen MR) is 54.3 cm³/mol. The number of aliphatic hydroxyl groups is 1. The zero-order chi connectivity index (χ0) is 11.7.